The standard InChI is InChI=1S/C17H12BrNO/c1-11-9-13(18)5-6-14(11)17(20)15-4-2-3-12-7-8-19-10-16(12)15/h2-10H,1H3. The van der Waals surface area contributed by atoms with Crippen molar-refractivity contribution in [3.63, 3.8) is 0 Å². The Morgan fingerprint density at radius 3 is 2.75 bits per heavy atom. The third kappa shape index (κ3) is 2.25. The van der Waals surface area contributed by atoms with Crippen molar-refractivity contribution in [2.75, 3.05) is 0 Å². The summed E-state index contributed by atoms with van der Waals surface area (Å²) in [7, 11) is 0. The summed E-state index contributed by atoms with van der Waals surface area (Å²) in [5.74, 6) is 0.0357. The van der Waals surface area contributed by atoms with Gasteiger partial charge in [0.25, 0.3) is 0 Å². The van der Waals surface area contributed by atoms with E-state index >= 15 is 0 Å². The number of aromatic nitrogens is 1. The van der Waals surface area contributed by atoms with Crippen LogP contribution in [0.5, 0.6) is 0 Å². The molecule has 0 aliphatic rings. The van der Waals surface area contributed by atoms with Crippen LogP contribution >= 0.6 is 15.9 Å². The molecule has 2 nitrogen and oxygen atoms in total. The number of ketones is 1. The molecule has 0 radical (unpaired) electrons. The fourth-order valence-electron chi connectivity index (χ4n) is 2.34. The number of nitrogens with zero attached hydrogens (tertiary/aromatic N) is 1. The van der Waals surface area contributed by atoms with Crippen LogP contribution in [0.25, 0.3) is 10.8 Å². The number of rotatable bonds is 2. The Morgan fingerprint density at radius 1 is 1.10 bits per heavy atom. The topological polar surface area (TPSA) is 30.0 Å². The van der Waals surface area contributed by atoms with Gasteiger partial charge in [-0.05, 0) is 42.1 Å². The molecule has 0 amide bonds. The van der Waals surface area contributed by atoms with Crippen molar-refractivity contribution >= 4 is 32.5 Å². The Kier molecular flexibility index (Phi) is 3.36. The molecule has 0 saturated heterocycles. The molecule has 0 unspecified atom stereocenters. The van der Waals surface area contributed by atoms with Gasteiger partial charge in [-0.1, -0.05) is 34.1 Å². The van der Waals surface area contributed by atoms with Gasteiger partial charge < -0.3 is 0 Å². The van der Waals surface area contributed by atoms with Gasteiger partial charge in [-0.3, -0.25) is 9.78 Å². The molecule has 3 heteroatoms. The highest BCUT2D eigenvalue weighted by molar-refractivity contribution is 9.10. The molecule has 0 fully saturated rings. The average Bonchev–Trinajstić information content (AvgIpc) is 2.46. The molecule has 20 heavy (non-hydrogen) atoms. The van der Waals surface area contributed by atoms with Gasteiger partial charge in [-0.2, -0.15) is 0 Å². The lowest BCUT2D eigenvalue weighted by molar-refractivity contribution is 0.103. The summed E-state index contributed by atoms with van der Waals surface area (Å²) < 4.78 is 0.978. The van der Waals surface area contributed by atoms with Crippen molar-refractivity contribution in [3.8, 4) is 0 Å². The summed E-state index contributed by atoms with van der Waals surface area (Å²) in [6, 6.07) is 13.4. The van der Waals surface area contributed by atoms with Crippen molar-refractivity contribution in [3.05, 3.63) is 76.0 Å². The number of carbonyl (C=O) groups excluding carboxylic acids is 1. The van der Waals surface area contributed by atoms with E-state index in [0.29, 0.717) is 5.56 Å². The summed E-state index contributed by atoms with van der Waals surface area (Å²) >= 11 is 3.42. The van der Waals surface area contributed by atoms with Crippen LogP contribution < -0.4 is 0 Å². The van der Waals surface area contributed by atoms with E-state index in [1.165, 1.54) is 0 Å². The summed E-state index contributed by atoms with van der Waals surface area (Å²) in [5, 5.41) is 1.92. The van der Waals surface area contributed by atoms with E-state index in [-0.39, 0.29) is 5.78 Å². The molecule has 1 aromatic heterocycles. The van der Waals surface area contributed by atoms with Gasteiger partial charge in [0.1, 0.15) is 0 Å². The van der Waals surface area contributed by atoms with E-state index < -0.39 is 0 Å². The smallest absolute Gasteiger partial charge is 0.193 e. The number of carbonyl (C=O) groups is 1. The third-order valence-electron chi connectivity index (χ3n) is 3.36. The number of halogens is 1. The van der Waals surface area contributed by atoms with Gasteiger partial charge >= 0.3 is 0 Å². The van der Waals surface area contributed by atoms with E-state index in [9.17, 15) is 4.79 Å². The number of hydrogen-bond acceptors (Lipinski definition) is 2. The first-order chi connectivity index (χ1) is 9.66. The van der Waals surface area contributed by atoms with Crippen molar-refractivity contribution < 1.29 is 4.79 Å². The molecule has 0 N–H and O–H groups in total. The van der Waals surface area contributed by atoms with Crippen LogP contribution in [0.15, 0.2) is 59.3 Å². The highest BCUT2D eigenvalue weighted by atomic mass is 79.9. The SMILES string of the molecule is Cc1cc(Br)ccc1C(=O)c1cccc2ccncc12. The molecular weight excluding hydrogens is 314 g/mol. The summed E-state index contributed by atoms with van der Waals surface area (Å²) in [6.07, 6.45) is 3.48. The fraction of sp³-hybridized carbons (Fsp3) is 0.0588. The van der Waals surface area contributed by atoms with Crippen molar-refractivity contribution in [1.29, 1.82) is 0 Å². The minimum Gasteiger partial charge on any atom is -0.289 e. The molecule has 3 rings (SSSR count). The van der Waals surface area contributed by atoms with E-state index in [2.05, 4.69) is 20.9 Å². The monoisotopic (exact) mass is 325 g/mol. The van der Waals surface area contributed by atoms with Crippen LogP contribution in [-0.2, 0) is 0 Å². The second-order valence-corrected chi connectivity index (χ2v) is 5.61. The largest absolute Gasteiger partial charge is 0.289 e. The number of benzene rings is 2. The average molecular weight is 326 g/mol. The lowest BCUT2D eigenvalue weighted by Crippen LogP contribution is -2.04. The quantitative estimate of drug-likeness (QED) is 0.647. The zero-order valence-electron chi connectivity index (χ0n) is 10.9. The first-order valence-corrected chi connectivity index (χ1v) is 7.10. The van der Waals surface area contributed by atoms with Crippen LogP contribution in [0, 0.1) is 6.92 Å². The maximum atomic E-state index is 12.7. The van der Waals surface area contributed by atoms with Crippen LogP contribution in [0.4, 0.5) is 0 Å². The zero-order valence-corrected chi connectivity index (χ0v) is 12.5. The Balaban J connectivity index is 2.18. The maximum absolute atomic E-state index is 12.7. The van der Waals surface area contributed by atoms with E-state index in [1.807, 2.05) is 49.4 Å². The van der Waals surface area contributed by atoms with E-state index in [0.717, 1.165) is 26.4 Å². The minimum atomic E-state index is 0.0357. The Hall–Kier alpha value is -2.00. The number of fused-ring (bicyclic) bond motifs is 1. The van der Waals surface area contributed by atoms with Crippen molar-refractivity contribution in [1.82, 2.24) is 4.98 Å². The molecule has 0 spiro atoms. The molecule has 0 saturated carbocycles. The molecular formula is C17H12BrNO. The van der Waals surface area contributed by atoms with Crippen molar-refractivity contribution in [2.24, 2.45) is 0 Å². The molecule has 1 heterocycles. The zero-order chi connectivity index (χ0) is 14.1. The van der Waals surface area contributed by atoms with E-state index in [1.54, 1.807) is 12.4 Å². The number of aryl methyl sites for hydroxylation is 1. The predicted molar refractivity (Wildman–Crippen MR) is 84.1 cm³/mol. The maximum Gasteiger partial charge on any atom is 0.193 e. The lowest BCUT2D eigenvalue weighted by Gasteiger charge is -2.08. The van der Waals surface area contributed by atoms with Crippen LogP contribution in [0.1, 0.15) is 21.5 Å². The Morgan fingerprint density at radius 2 is 1.95 bits per heavy atom. The molecule has 0 bridgehead atoms. The van der Waals surface area contributed by atoms with Gasteiger partial charge in [0.15, 0.2) is 5.78 Å². The molecule has 0 atom stereocenters. The summed E-state index contributed by atoms with van der Waals surface area (Å²) in [6.45, 7) is 1.95. The van der Waals surface area contributed by atoms with Gasteiger partial charge in [-0.25, -0.2) is 0 Å². The predicted octanol–water partition coefficient (Wildman–Crippen LogP) is 4.54. The normalized spacial score (nSPS) is 10.7. The van der Waals surface area contributed by atoms with Gasteiger partial charge in [-0.15, -0.1) is 0 Å². The van der Waals surface area contributed by atoms with Gasteiger partial charge in [0.2, 0.25) is 0 Å². The minimum absolute atomic E-state index is 0.0357. The first-order valence-electron chi connectivity index (χ1n) is 6.30. The van der Waals surface area contributed by atoms with E-state index in [4.69, 9.17) is 0 Å². The first kappa shape index (κ1) is 13.0. The molecule has 3 aromatic rings. The van der Waals surface area contributed by atoms with Gasteiger partial charge in [0, 0.05) is 33.4 Å². The molecule has 0 aliphatic carbocycles. The number of hydrogen-bond donors (Lipinski definition) is 0. The lowest BCUT2D eigenvalue weighted by atomic mass is 9.96. The van der Waals surface area contributed by atoms with Gasteiger partial charge in [0.05, 0.1) is 0 Å². The second-order valence-electron chi connectivity index (χ2n) is 4.69. The highest BCUT2D eigenvalue weighted by Gasteiger charge is 2.14. The second kappa shape index (κ2) is 5.17. The third-order valence-corrected chi connectivity index (χ3v) is 3.85. The Bertz CT molecular complexity index is 806. The Labute approximate surface area is 125 Å². The molecule has 0 aliphatic heterocycles. The summed E-state index contributed by atoms with van der Waals surface area (Å²) in [4.78, 5) is 16.9. The van der Waals surface area contributed by atoms with Crippen LogP contribution in [0.2, 0.25) is 0 Å². The van der Waals surface area contributed by atoms with Crippen LogP contribution in [0.3, 0.4) is 0 Å². The molecule has 98 valence electrons. The summed E-state index contributed by atoms with van der Waals surface area (Å²) in [5.41, 5.74) is 2.39. The van der Waals surface area contributed by atoms with Crippen LogP contribution in [-0.4, -0.2) is 10.8 Å². The fourth-order valence-corrected chi connectivity index (χ4v) is 2.81. The van der Waals surface area contributed by atoms with Crippen molar-refractivity contribution in [2.45, 2.75) is 6.92 Å². The number of pyridine rings is 1. The highest BCUT2D eigenvalue weighted by Crippen LogP contribution is 2.23. The molecule has 2 aromatic carbocycles.